The predicted molar refractivity (Wildman–Crippen MR) is 219 cm³/mol. The molecule has 5 aromatic rings. The zero-order chi connectivity index (χ0) is 40.7. The Kier molecular flexibility index (Phi) is 10.7. The van der Waals surface area contributed by atoms with Crippen LogP contribution < -0.4 is 25.0 Å². The maximum Gasteiger partial charge on any atom is 0.329 e. The van der Waals surface area contributed by atoms with E-state index in [4.69, 9.17) is 9.47 Å². The second-order valence-electron chi connectivity index (χ2n) is 15.5. The van der Waals surface area contributed by atoms with Gasteiger partial charge in [0, 0.05) is 107 Å². The van der Waals surface area contributed by atoms with Crippen LogP contribution >= 0.6 is 0 Å². The number of anilines is 2. The fourth-order valence-electron chi connectivity index (χ4n) is 8.82. The number of imide groups is 1. The van der Waals surface area contributed by atoms with Crippen LogP contribution in [0.1, 0.15) is 37.3 Å². The van der Waals surface area contributed by atoms with Crippen LogP contribution in [0.3, 0.4) is 0 Å². The number of aryl methyl sites for hydroxylation is 2. The largest absolute Gasteiger partial charge is 0.497 e. The van der Waals surface area contributed by atoms with E-state index >= 15 is 0 Å². The monoisotopic (exact) mass is 791 g/mol. The Morgan fingerprint density at radius 3 is 2.24 bits per heavy atom. The van der Waals surface area contributed by atoms with Crippen molar-refractivity contribution < 1.29 is 24.0 Å². The third-order valence-corrected chi connectivity index (χ3v) is 12.1. The second kappa shape index (κ2) is 16.0. The molecule has 8 rings (SSSR count). The molecule has 1 atom stereocenters. The molecule has 3 aliphatic rings. The minimum Gasteiger partial charge on any atom is -0.497 e. The Morgan fingerprint density at radius 1 is 0.845 bits per heavy atom. The number of likely N-dealkylation sites (tertiary alicyclic amines) is 1. The number of ether oxygens (including phenoxy) is 2. The van der Waals surface area contributed by atoms with E-state index in [1.807, 2.05) is 43.6 Å². The molecule has 1 unspecified atom stereocenters. The molecule has 16 heteroatoms. The Labute approximate surface area is 335 Å². The van der Waals surface area contributed by atoms with Crippen molar-refractivity contribution >= 4 is 39.9 Å². The highest BCUT2D eigenvalue weighted by molar-refractivity contribution is 6.00. The van der Waals surface area contributed by atoms with E-state index in [0.29, 0.717) is 17.2 Å². The molecule has 3 aliphatic heterocycles. The summed E-state index contributed by atoms with van der Waals surface area (Å²) < 4.78 is 15.6. The smallest absolute Gasteiger partial charge is 0.329 e. The Morgan fingerprint density at radius 2 is 1.59 bits per heavy atom. The van der Waals surface area contributed by atoms with Gasteiger partial charge in [0.25, 0.3) is 5.91 Å². The molecule has 0 saturated carbocycles. The number of nitro groups is 1. The van der Waals surface area contributed by atoms with Gasteiger partial charge in [-0.05, 0) is 61.1 Å². The lowest BCUT2D eigenvalue weighted by Gasteiger charge is -2.40. The summed E-state index contributed by atoms with van der Waals surface area (Å²) in [7, 11) is 6.62. The summed E-state index contributed by atoms with van der Waals surface area (Å²) in [5.74, 6) is 0.859. The van der Waals surface area contributed by atoms with Gasteiger partial charge in [-0.25, -0.2) is 4.79 Å². The van der Waals surface area contributed by atoms with Crippen molar-refractivity contribution in [3.05, 3.63) is 93.2 Å². The van der Waals surface area contributed by atoms with E-state index in [2.05, 4.69) is 19.8 Å². The highest BCUT2D eigenvalue weighted by Crippen LogP contribution is 2.41. The first-order valence-electron chi connectivity index (χ1n) is 19.8. The molecule has 3 aromatic carbocycles. The summed E-state index contributed by atoms with van der Waals surface area (Å²) in [5.41, 5.74) is 5.44. The molecule has 0 aliphatic carbocycles. The summed E-state index contributed by atoms with van der Waals surface area (Å²) in [6, 6.07) is 15.9. The van der Waals surface area contributed by atoms with Crippen LogP contribution in [0.4, 0.5) is 17.1 Å². The van der Waals surface area contributed by atoms with Crippen molar-refractivity contribution in [1.82, 2.24) is 28.7 Å². The number of rotatable bonds is 11. The van der Waals surface area contributed by atoms with Crippen LogP contribution in [-0.4, -0.2) is 105 Å². The minimum atomic E-state index is -0.770. The van der Waals surface area contributed by atoms with Crippen molar-refractivity contribution in [2.75, 3.05) is 69.8 Å². The van der Waals surface area contributed by atoms with Gasteiger partial charge in [-0.1, -0.05) is 12.1 Å². The number of hydrogen-bond acceptors (Lipinski definition) is 11. The molecule has 5 heterocycles. The quantitative estimate of drug-likeness (QED) is 0.105. The van der Waals surface area contributed by atoms with Gasteiger partial charge < -0.3 is 19.3 Å². The predicted octanol–water partition coefficient (Wildman–Crippen LogP) is 4.59. The molecule has 16 nitrogen and oxygen atoms in total. The number of nitrogens with zero attached hydrogens (tertiary/aromatic N) is 9. The van der Waals surface area contributed by atoms with Crippen molar-refractivity contribution in [1.29, 1.82) is 0 Å². The summed E-state index contributed by atoms with van der Waals surface area (Å²) in [6.07, 6.45) is 6.07. The summed E-state index contributed by atoms with van der Waals surface area (Å²) in [5, 5.41) is 16.2. The molecule has 0 bridgehead atoms. The van der Waals surface area contributed by atoms with Crippen molar-refractivity contribution in [3.8, 4) is 22.6 Å². The molecule has 304 valence electrons. The van der Waals surface area contributed by atoms with E-state index in [-0.39, 0.29) is 48.3 Å². The van der Waals surface area contributed by atoms with Crippen LogP contribution in [0, 0.1) is 16.0 Å². The summed E-state index contributed by atoms with van der Waals surface area (Å²) in [4.78, 5) is 60.4. The summed E-state index contributed by atoms with van der Waals surface area (Å²) >= 11 is 0. The maximum absolute atomic E-state index is 13.8. The zero-order valence-electron chi connectivity index (χ0n) is 33.4. The first kappa shape index (κ1) is 38.7. The first-order valence-corrected chi connectivity index (χ1v) is 19.8. The van der Waals surface area contributed by atoms with Gasteiger partial charge in [-0.3, -0.25) is 43.3 Å². The van der Waals surface area contributed by atoms with Crippen molar-refractivity contribution in [3.63, 3.8) is 0 Å². The average Bonchev–Trinajstić information content (AvgIpc) is 3.78. The number of imidazole rings is 1. The van der Waals surface area contributed by atoms with E-state index in [0.717, 1.165) is 92.2 Å². The molecular weight excluding hydrogens is 743 g/mol. The molecule has 58 heavy (non-hydrogen) atoms. The standard InChI is InChI=1S/C42H49N9O7/c1-44-27-30(24-43-44)33-22-38(51(55)56)39(58-4)23-36(33)48-15-13-29(14-16-48)25-46-17-19-47(20-18-46)31-7-10-34-37(21-31)45(2)42(54)50(34)35-11-12-40(52)49(41(35)53)26-28-5-8-32(57-3)9-6-28/h5-10,21-24,27,29,35H,11-20,25-26H2,1-4H3. The molecule has 3 fully saturated rings. The number of fused-ring (bicyclic) bond motifs is 1. The van der Waals surface area contributed by atoms with Gasteiger partial charge in [0.2, 0.25) is 5.91 Å². The first-order chi connectivity index (χ1) is 28.0. The molecule has 0 N–H and O–H groups in total. The summed E-state index contributed by atoms with van der Waals surface area (Å²) in [6.45, 7) is 6.33. The van der Waals surface area contributed by atoms with Gasteiger partial charge in [-0.2, -0.15) is 5.10 Å². The topological polar surface area (TPSA) is 153 Å². The average molecular weight is 792 g/mol. The number of nitro benzene ring substituents is 1. The van der Waals surface area contributed by atoms with Crippen LogP contribution in [0.2, 0.25) is 0 Å². The number of aromatic nitrogens is 4. The number of hydrogen-bond donors (Lipinski definition) is 0. The van der Waals surface area contributed by atoms with Gasteiger partial charge in [-0.15, -0.1) is 0 Å². The second-order valence-corrected chi connectivity index (χ2v) is 15.5. The number of benzene rings is 3. The van der Waals surface area contributed by atoms with Crippen LogP contribution in [0.5, 0.6) is 11.5 Å². The van der Waals surface area contributed by atoms with Crippen LogP contribution in [0.25, 0.3) is 22.2 Å². The highest BCUT2D eigenvalue weighted by atomic mass is 16.6. The zero-order valence-corrected chi connectivity index (χ0v) is 33.4. The van der Waals surface area contributed by atoms with Gasteiger partial charge in [0.05, 0.1) is 42.9 Å². The maximum atomic E-state index is 13.8. The van der Waals surface area contributed by atoms with Gasteiger partial charge >= 0.3 is 11.4 Å². The fraction of sp³-hybridized carbons (Fsp3) is 0.429. The number of carbonyl (C=O) groups is 2. The molecule has 0 spiro atoms. The minimum absolute atomic E-state index is 0.0650. The van der Waals surface area contributed by atoms with E-state index in [9.17, 15) is 24.5 Å². The lowest BCUT2D eigenvalue weighted by molar-refractivity contribution is -0.385. The Hall–Kier alpha value is -6.16. The molecule has 2 aromatic heterocycles. The third-order valence-electron chi connectivity index (χ3n) is 12.1. The molecule has 0 radical (unpaired) electrons. The number of piperazine rings is 1. The SMILES string of the molecule is COc1ccc(CN2C(=O)CCC(n3c(=O)n(C)c4cc(N5CCN(CC6CCN(c7cc(OC)c([N+](=O)[O-])cc7-c7cnn(C)c7)CC6)CC5)ccc43)C2=O)cc1. The Bertz CT molecular complexity index is 2400. The number of piperidine rings is 2. The molecular formula is C42H49N9O7. The number of amides is 2. The highest BCUT2D eigenvalue weighted by Gasteiger charge is 2.38. The lowest BCUT2D eigenvalue weighted by atomic mass is 9.94. The van der Waals surface area contributed by atoms with E-state index in [1.165, 1.54) is 12.0 Å². The third kappa shape index (κ3) is 7.39. The number of carbonyl (C=O) groups excluding carboxylic acids is 2. The van der Waals surface area contributed by atoms with Gasteiger partial charge in [0.15, 0.2) is 5.75 Å². The van der Waals surface area contributed by atoms with Crippen molar-refractivity contribution in [2.24, 2.45) is 20.0 Å². The number of methoxy groups -OCH3 is 2. The van der Waals surface area contributed by atoms with Crippen LogP contribution in [-0.2, 0) is 30.2 Å². The van der Waals surface area contributed by atoms with Crippen molar-refractivity contribution in [2.45, 2.75) is 38.3 Å². The lowest BCUT2D eigenvalue weighted by Crippen LogP contribution is -2.49. The van der Waals surface area contributed by atoms with Gasteiger partial charge in [0.1, 0.15) is 11.8 Å². The molecule has 3 saturated heterocycles. The van der Waals surface area contributed by atoms with E-state index in [1.54, 1.807) is 58.4 Å². The molecule has 2 amide bonds. The Balaban J connectivity index is 0.900. The normalized spacial score (nSPS) is 18.3. The van der Waals surface area contributed by atoms with E-state index < -0.39 is 11.0 Å². The van der Waals surface area contributed by atoms with Crippen LogP contribution in [0.15, 0.2) is 71.8 Å². The fourth-order valence-corrected chi connectivity index (χ4v) is 8.82.